The van der Waals surface area contributed by atoms with E-state index in [1.165, 1.54) is 22.5 Å². The summed E-state index contributed by atoms with van der Waals surface area (Å²) in [4.78, 5) is 2.24. The number of anilines is 2. The highest BCUT2D eigenvalue weighted by Gasteiger charge is 2.14. The molecule has 0 heterocycles. The van der Waals surface area contributed by atoms with E-state index in [0.29, 0.717) is 0 Å². The fraction of sp³-hybridized carbons (Fsp3) is 0.333. The van der Waals surface area contributed by atoms with Crippen LogP contribution in [-0.4, -0.2) is 7.05 Å². The molecule has 1 nitrogen and oxygen atoms in total. The van der Waals surface area contributed by atoms with Gasteiger partial charge in [-0.05, 0) is 41.7 Å². The summed E-state index contributed by atoms with van der Waals surface area (Å²) in [6.07, 6.45) is 0. The van der Waals surface area contributed by atoms with Gasteiger partial charge in [0.15, 0.2) is 0 Å². The van der Waals surface area contributed by atoms with Crippen molar-refractivity contribution in [1.82, 2.24) is 0 Å². The van der Waals surface area contributed by atoms with Gasteiger partial charge in [0.05, 0.1) is 0 Å². The highest BCUT2D eigenvalue weighted by Crippen LogP contribution is 2.29. The molecule has 0 atom stereocenters. The third-order valence-corrected chi connectivity index (χ3v) is 3.60. The van der Waals surface area contributed by atoms with Gasteiger partial charge < -0.3 is 4.90 Å². The van der Waals surface area contributed by atoms with E-state index in [9.17, 15) is 0 Å². The first-order valence-electron chi connectivity index (χ1n) is 6.79. The lowest BCUT2D eigenvalue weighted by molar-refractivity contribution is 0.590. The standard InChI is InChI=1S/C18H23N/c1-14-8-6-7-9-17(14)19(5)16-12-10-15(11-13-16)18(2,3)4/h6-13H,1-5H3. The minimum atomic E-state index is 0.208. The van der Waals surface area contributed by atoms with Crippen LogP contribution in [0, 0.1) is 6.92 Å². The second kappa shape index (κ2) is 5.08. The minimum Gasteiger partial charge on any atom is -0.344 e. The molecule has 0 aliphatic heterocycles. The number of benzene rings is 2. The molecule has 0 aromatic heterocycles. The zero-order valence-electron chi connectivity index (χ0n) is 12.6. The number of nitrogens with zero attached hydrogens (tertiary/aromatic N) is 1. The molecule has 0 bridgehead atoms. The number of hydrogen-bond donors (Lipinski definition) is 0. The van der Waals surface area contributed by atoms with Crippen LogP contribution in [0.5, 0.6) is 0 Å². The molecule has 0 saturated heterocycles. The summed E-state index contributed by atoms with van der Waals surface area (Å²) in [6, 6.07) is 17.3. The molecule has 0 aliphatic rings. The van der Waals surface area contributed by atoms with Crippen LogP contribution in [0.4, 0.5) is 11.4 Å². The van der Waals surface area contributed by atoms with Gasteiger partial charge in [-0.2, -0.15) is 0 Å². The lowest BCUT2D eigenvalue weighted by Gasteiger charge is -2.24. The Morgan fingerprint density at radius 1 is 0.842 bits per heavy atom. The highest BCUT2D eigenvalue weighted by atomic mass is 15.1. The van der Waals surface area contributed by atoms with Gasteiger partial charge in [-0.15, -0.1) is 0 Å². The summed E-state index contributed by atoms with van der Waals surface area (Å²) in [5.74, 6) is 0. The molecule has 19 heavy (non-hydrogen) atoms. The summed E-state index contributed by atoms with van der Waals surface area (Å²) in [6.45, 7) is 8.88. The van der Waals surface area contributed by atoms with Crippen molar-refractivity contribution in [2.45, 2.75) is 33.1 Å². The predicted octanol–water partition coefficient (Wildman–Crippen LogP) is 5.06. The van der Waals surface area contributed by atoms with Crippen molar-refractivity contribution in [3.05, 3.63) is 59.7 Å². The van der Waals surface area contributed by atoms with E-state index in [2.05, 4.69) is 88.2 Å². The van der Waals surface area contributed by atoms with E-state index in [0.717, 1.165) is 0 Å². The van der Waals surface area contributed by atoms with Gasteiger partial charge in [0.2, 0.25) is 0 Å². The molecule has 100 valence electrons. The van der Waals surface area contributed by atoms with Gasteiger partial charge in [0, 0.05) is 18.4 Å². The highest BCUT2D eigenvalue weighted by molar-refractivity contribution is 5.65. The van der Waals surface area contributed by atoms with E-state index in [1.54, 1.807) is 0 Å². The monoisotopic (exact) mass is 253 g/mol. The molecule has 0 spiro atoms. The molecule has 0 saturated carbocycles. The second-order valence-corrected chi connectivity index (χ2v) is 6.14. The topological polar surface area (TPSA) is 3.24 Å². The van der Waals surface area contributed by atoms with Crippen molar-refractivity contribution < 1.29 is 0 Å². The van der Waals surface area contributed by atoms with Crippen molar-refractivity contribution in [3.63, 3.8) is 0 Å². The number of hydrogen-bond acceptors (Lipinski definition) is 1. The third-order valence-electron chi connectivity index (χ3n) is 3.60. The molecule has 2 aromatic carbocycles. The Hall–Kier alpha value is -1.76. The van der Waals surface area contributed by atoms with Gasteiger partial charge in [0.25, 0.3) is 0 Å². The van der Waals surface area contributed by atoms with Crippen LogP contribution in [0.25, 0.3) is 0 Å². The summed E-state index contributed by atoms with van der Waals surface area (Å²) in [5, 5.41) is 0. The van der Waals surface area contributed by atoms with Crippen molar-refractivity contribution in [2.75, 3.05) is 11.9 Å². The Bertz CT molecular complexity index is 547. The van der Waals surface area contributed by atoms with E-state index >= 15 is 0 Å². The number of para-hydroxylation sites is 1. The van der Waals surface area contributed by atoms with Crippen LogP contribution in [0.2, 0.25) is 0 Å². The Morgan fingerprint density at radius 3 is 1.95 bits per heavy atom. The average molecular weight is 253 g/mol. The smallest absolute Gasteiger partial charge is 0.0437 e. The molecule has 0 aliphatic carbocycles. The normalized spacial score (nSPS) is 11.4. The maximum atomic E-state index is 2.24. The first-order valence-corrected chi connectivity index (χ1v) is 6.79. The lowest BCUT2D eigenvalue weighted by Crippen LogP contribution is -2.13. The SMILES string of the molecule is Cc1ccccc1N(C)c1ccc(C(C)(C)C)cc1. The fourth-order valence-corrected chi connectivity index (χ4v) is 2.26. The molecule has 2 rings (SSSR count). The molecule has 0 radical (unpaired) electrons. The Kier molecular flexibility index (Phi) is 3.66. The van der Waals surface area contributed by atoms with Gasteiger partial charge in [-0.3, -0.25) is 0 Å². The summed E-state index contributed by atoms with van der Waals surface area (Å²) >= 11 is 0. The van der Waals surface area contributed by atoms with Crippen LogP contribution < -0.4 is 4.90 Å². The third kappa shape index (κ3) is 2.98. The summed E-state index contributed by atoms with van der Waals surface area (Å²) < 4.78 is 0. The zero-order valence-corrected chi connectivity index (χ0v) is 12.6. The van der Waals surface area contributed by atoms with E-state index in [4.69, 9.17) is 0 Å². The average Bonchev–Trinajstić information content (AvgIpc) is 2.38. The van der Waals surface area contributed by atoms with Crippen LogP contribution in [-0.2, 0) is 5.41 Å². The molecule has 0 fully saturated rings. The first kappa shape index (κ1) is 13.7. The van der Waals surface area contributed by atoms with Crippen molar-refractivity contribution in [3.8, 4) is 0 Å². The second-order valence-electron chi connectivity index (χ2n) is 6.14. The maximum absolute atomic E-state index is 2.24. The molecule has 1 heteroatoms. The quantitative estimate of drug-likeness (QED) is 0.723. The van der Waals surface area contributed by atoms with Crippen LogP contribution in [0.1, 0.15) is 31.9 Å². The predicted molar refractivity (Wildman–Crippen MR) is 84.4 cm³/mol. The van der Waals surface area contributed by atoms with Gasteiger partial charge >= 0.3 is 0 Å². The molecular weight excluding hydrogens is 230 g/mol. The van der Waals surface area contributed by atoms with Gasteiger partial charge in [-0.25, -0.2) is 0 Å². The van der Waals surface area contributed by atoms with E-state index in [1.807, 2.05) is 0 Å². The van der Waals surface area contributed by atoms with Crippen LogP contribution >= 0.6 is 0 Å². The first-order chi connectivity index (χ1) is 8.89. The number of rotatable bonds is 2. The Labute approximate surface area is 116 Å². The van der Waals surface area contributed by atoms with E-state index in [-0.39, 0.29) is 5.41 Å². The molecule has 2 aromatic rings. The van der Waals surface area contributed by atoms with Crippen molar-refractivity contribution in [1.29, 1.82) is 0 Å². The van der Waals surface area contributed by atoms with Crippen molar-refractivity contribution in [2.24, 2.45) is 0 Å². The fourth-order valence-electron chi connectivity index (χ4n) is 2.26. The molecule has 0 unspecified atom stereocenters. The molecular formula is C18H23N. The Morgan fingerprint density at radius 2 is 1.42 bits per heavy atom. The van der Waals surface area contributed by atoms with E-state index < -0.39 is 0 Å². The molecule has 0 amide bonds. The summed E-state index contributed by atoms with van der Waals surface area (Å²) in [7, 11) is 2.12. The van der Waals surface area contributed by atoms with Crippen LogP contribution in [0.3, 0.4) is 0 Å². The minimum absolute atomic E-state index is 0.208. The maximum Gasteiger partial charge on any atom is 0.0437 e. The van der Waals surface area contributed by atoms with Crippen molar-refractivity contribution >= 4 is 11.4 Å². The molecule has 0 N–H and O–H groups in total. The summed E-state index contributed by atoms with van der Waals surface area (Å²) in [5.41, 5.74) is 5.35. The lowest BCUT2D eigenvalue weighted by atomic mass is 9.87. The largest absolute Gasteiger partial charge is 0.344 e. The van der Waals surface area contributed by atoms with Crippen LogP contribution in [0.15, 0.2) is 48.5 Å². The zero-order chi connectivity index (χ0) is 14.0. The Balaban J connectivity index is 2.31. The van der Waals surface area contributed by atoms with Gasteiger partial charge in [0.1, 0.15) is 0 Å². The number of aryl methyl sites for hydroxylation is 1. The van der Waals surface area contributed by atoms with Gasteiger partial charge in [-0.1, -0.05) is 51.1 Å².